The van der Waals surface area contributed by atoms with Crippen LogP contribution in [0.2, 0.25) is 0 Å². The predicted octanol–water partition coefficient (Wildman–Crippen LogP) is 3.07. The van der Waals surface area contributed by atoms with Gasteiger partial charge in [0.25, 0.3) is 0 Å². The van der Waals surface area contributed by atoms with E-state index in [0.29, 0.717) is 11.3 Å². The molecule has 0 spiro atoms. The van der Waals surface area contributed by atoms with Crippen molar-refractivity contribution in [3.8, 4) is 11.8 Å². The minimum absolute atomic E-state index is 0.284. The van der Waals surface area contributed by atoms with Crippen LogP contribution in [0.5, 0.6) is 0 Å². The van der Waals surface area contributed by atoms with E-state index in [1.165, 1.54) is 12.3 Å². The molecule has 0 aliphatic heterocycles. The summed E-state index contributed by atoms with van der Waals surface area (Å²) in [6.45, 7) is 1.71. The molecule has 0 fully saturated rings. The molecule has 1 aromatic heterocycles. The van der Waals surface area contributed by atoms with E-state index in [1.807, 2.05) is 6.07 Å². The van der Waals surface area contributed by atoms with E-state index in [0.717, 1.165) is 10.7 Å². The Morgan fingerprint density at radius 3 is 2.56 bits per heavy atom. The molecule has 0 unspecified atom stereocenters. The number of aromatic nitrogens is 2. The van der Waals surface area contributed by atoms with Gasteiger partial charge in [-0.1, -0.05) is 12.1 Å². The second kappa shape index (κ2) is 4.18. The van der Waals surface area contributed by atoms with Crippen molar-refractivity contribution < 1.29 is 13.2 Å². The number of nitrogens with zero attached hydrogens (tertiary/aromatic N) is 3. The van der Waals surface area contributed by atoms with Gasteiger partial charge in [0.2, 0.25) is 0 Å². The Morgan fingerprint density at radius 2 is 2.00 bits per heavy atom. The minimum atomic E-state index is -4.49. The van der Waals surface area contributed by atoms with Crippen LogP contribution in [-0.2, 0) is 6.18 Å². The van der Waals surface area contributed by atoms with Crippen LogP contribution in [0.15, 0.2) is 30.5 Å². The van der Waals surface area contributed by atoms with Gasteiger partial charge in [-0.25, -0.2) is 4.68 Å². The zero-order valence-corrected chi connectivity index (χ0v) is 9.36. The lowest BCUT2D eigenvalue weighted by molar-refractivity contribution is -0.141. The van der Waals surface area contributed by atoms with Crippen LogP contribution in [0, 0.1) is 18.3 Å². The summed E-state index contributed by atoms with van der Waals surface area (Å²) in [5.41, 5.74) is 0.364. The van der Waals surface area contributed by atoms with Crippen LogP contribution in [0.4, 0.5) is 13.2 Å². The van der Waals surface area contributed by atoms with Crippen molar-refractivity contribution in [2.24, 2.45) is 0 Å². The van der Waals surface area contributed by atoms with Crippen molar-refractivity contribution in [2.75, 3.05) is 0 Å². The number of halogens is 3. The molecule has 3 nitrogen and oxygen atoms in total. The van der Waals surface area contributed by atoms with Gasteiger partial charge < -0.3 is 0 Å². The first-order valence-corrected chi connectivity index (χ1v) is 5.06. The van der Waals surface area contributed by atoms with Gasteiger partial charge in [0.1, 0.15) is 6.07 Å². The van der Waals surface area contributed by atoms with E-state index < -0.39 is 11.9 Å². The number of hydrogen-bond acceptors (Lipinski definition) is 2. The zero-order valence-electron chi connectivity index (χ0n) is 9.36. The van der Waals surface area contributed by atoms with E-state index in [-0.39, 0.29) is 5.56 Å². The van der Waals surface area contributed by atoms with Gasteiger partial charge in [-0.05, 0) is 24.6 Å². The van der Waals surface area contributed by atoms with Crippen LogP contribution >= 0.6 is 0 Å². The highest BCUT2D eigenvalue weighted by atomic mass is 19.4. The standard InChI is InChI=1S/C12H8F3N3/c1-8-3-2-4-9(7-16)11(8)18-6-5-10(17-18)12(13,14)15/h2-6H,1H3. The van der Waals surface area contributed by atoms with Crippen LogP contribution in [-0.4, -0.2) is 9.78 Å². The average molecular weight is 251 g/mol. The average Bonchev–Trinajstić information content (AvgIpc) is 2.77. The predicted molar refractivity (Wildman–Crippen MR) is 58.0 cm³/mol. The Kier molecular flexibility index (Phi) is 2.83. The van der Waals surface area contributed by atoms with Crippen molar-refractivity contribution >= 4 is 0 Å². The van der Waals surface area contributed by atoms with Gasteiger partial charge in [-0.15, -0.1) is 0 Å². The first kappa shape index (κ1) is 12.2. The van der Waals surface area contributed by atoms with Gasteiger partial charge in [0, 0.05) is 6.20 Å². The van der Waals surface area contributed by atoms with Crippen molar-refractivity contribution in [1.29, 1.82) is 5.26 Å². The maximum absolute atomic E-state index is 12.5. The van der Waals surface area contributed by atoms with Crippen LogP contribution in [0.1, 0.15) is 16.8 Å². The van der Waals surface area contributed by atoms with Gasteiger partial charge in [0.15, 0.2) is 5.69 Å². The van der Waals surface area contributed by atoms with Crippen molar-refractivity contribution in [1.82, 2.24) is 9.78 Å². The molecule has 0 N–H and O–H groups in total. The monoisotopic (exact) mass is 251 g/mol. The molecule has 18 heavy (non-hydrogen) atoms. The molecule has 0 atom stereocenters. The molecule has 2 rings (SSSR count). The Morgan fingerprint density at radius 1 is 1.28 bits per heavy atom. The summed E-state index contributed by atoms with van der Waals surface area (Å²) in [4.78, 5) is 0. The number of aryl methyl sites for hydroxylation is 1. The highest BCUT2D eigenvalue weighted by Crippen LogP contribution is 2.28. The minimum Gasteiger partial charge on any atom is -0.239 e. The molecule has 2 aromatic rings. The SMILES string of the molecule is Cc1cccc(C#N)c1-n1ccc(C(F)(F)F)n1. The molecule has 0 aliphatic rings. The van der Waals surface area contributed by atoms with E-state index in [4.69, 9.17) is 5.26 Å². The molecule has 6 heteroatoms. The number of nitriles is 1. The fourth-order valence-corrected chi connectivity index (χ4v) is 1.65. The van der Waals surface area contributed by atoms with Crippen LogP contribution in [0.3, 0.4) is 0 Å². The summed E-state index contributed by atoms with van der Waals surface area (Å²) in [5.74, 6) is 0. The lowest BCUT2D eigenvalue weighted by atomic mass is 10.1. The molecule has 92 valence electrons. The Balaban J connectivity index is 2.57. The second-order valence-corrected chi connectivity index (χ2v) is 3.73. The summed E-state index contributed by atoms with van der Waals surface area (Å²) >= 11 is 0. The Hall–Kier alpha value is -2.29. The van der Waals surface area contributed by atoms with E-state index in [1.54, 1.807) is 19.1 Å². The molecule has 0 aliphatic carbocycles. The lowest BCUT2D eigenvalue weighted by Gasteiger charge is -2.08. The Labute approximate surface area is 101 Å². The van der Waals surface area contributed by atoms with Gasteiger partial charge in [-0.3, -0.25) is 0 Å². The normalized spacial score (nSPS) is 11.3. The third-order valence-corrected chi connectivity index (χ3v) is 2.47. The maximum Gasteiger partial charge on any atom is 0.435 e. The molecule has 1 heterocycles. The molecule has 0 bridgehead atoms. The topological polar surface area (TPSA) is 41.6 Å². The smallest absolute Gasteiger partial charge is 0.239 e. The first-order valence-electron chi connectivity index (χ1n) is 5.06. The van der Waals surface area contributed by atoms with Gasteiger partial charge >= 0.3 is 6.18 Å². The maximum atomic E-state index is 12.5. The number of benzene rings is 1. The number of hydrogen-bond donors (Lipinski definition) is 0. The van der Waals surface area contributed by atoms with Crippen LogP contribution in [0.25, 0.3) is 5.69 Å². The number of rotatable bonds is 1. The molecule has 0 saturated heterocycles. The number of para-hydroxylation sites is 1. The van der Waals surface area contributed by atoms with Crippen molar-refractivity contribution in [3.63, 3.8) is 0 Å². The molecule has 0 radical (unpaired) electrons. The van der Waals surface area contributed by atoms with E-state index in [9.17, 15) is 13.2 Å². The Bertz CT molecular complexity index is 620. The van der Waals surface area contributed by atoms with Crippen molar-refractivity contribution in [2.45, 2.75) is 13.1 Å². The number of alkyl halides is 3. The van der Waals surface area contributed by atoms with E-state index in [2.05, 4.69) is 5.10 Å². The highest BCUT2D eigenvalue weighted by molar-refractivity contribution is 5.53. The molecule has 1 aromatic carbocycles. The fraction of sp³-hybridized carbons (Fsp3) is 0.167. The summed E-state index contributed by atoms with van der Waals surface area (Å²) < 4.78 is 38.5. The summed E-state index contributed by atoms with van der Waals surface area (Å²) in [6.07, 6.45) is -3.28. The lowest BCUT2D eigenvalue weighted by Crippen LogP contribution is -2.08. The van der Waals surface area contributed by atoms with Gasteiger partial charge in [0.05, 0.1) is 11.3 Å². The third kappa shape index (κ3) is 2.07. The second-order valence-electron chi connectivity index (χ2n) is 3.73. The quantitative estimate of drug-likeness (QED) is 0.781. The summed E-state index contributed by atoms with van der Waals surface area (Å²) in [6, 6.07) is 7.75. The molecule has 0 amide bonds. The zero-order chi connectivity index (χ0) is 13.3. The summed E-state index contributed by atoms with van der Waals surface area (Å²) in [5, 5.41) is 12.4. The molecular weight excluding hydrogens is 243 g/mol. The third-order valence-electron chi connectivity index (χ3n) is 2.47. The summed E-state index contributed by atoms with van der Waals surface area (Å²) in [7, 11) is 0. The largest absolute Gasteiger partial charge is 0.435 e. The van der Waals surface area contributed by atoms with E-state index >= 15 is 0 Å². The highest BCUT2D eigenvalue weighted by Gasteiger charge is 2.33. The molecule has 0 saturated carbocycles. The van der Waals surface area contributed by atoms with Crippen LogP contribution < -0.4 is 0 Å². The fourth-order valence-electron chi connectivity index (χ4n) is 1.65. The van der Waals surface area contributed by atoms with Crippen molar-refractivity contribution in [3.05, 3.63) is 47.3 Å². The first-order chi connectivity index (χ1) is 8.43. The molecular formula is C12H8F3N3. The van der Waals surface area contributed by atoms with Gasteiger partial charge in [-0.2, -0.15) is 23.5 Å².